The molecule has 1 aromatic rings. The number of rotatable bonds is 14. The molecule has 28 heavy (non-hydrogen) atoms. The molecule has 0 saturated carbocycles. The van der Waals surface area contributed by atoms with Gasteiger partial charge < -0.3 is 14.2 Å². The van der Waals surface area contributed by atoms with E-state index in [4.69, 9.17) is 14.2 Å². The molecular weight excluding hydrogens is 350 g/mol. The summed E-state index contributed by atoms with van der Waals surface area (Å²) in [5.74, 6) is 1.49. The minimum Gasteiger partial charge on any atom is -0.493 e. The highest BCUT2D eigenvalue weighted by Gasteiger charge is 2.06. The van der Waals surface area contributed by atoms with Gasteiger partial charge >= 0.3 is 0 Å². The topological polar surface area (TPSA) is 30.9 Å². The van der Waals surface area contributed by atoms with E-state index in [1.807, 2.05) is 24.3 Å². The maximum Gasteiger partial charge on any atom is 0.161 e. The largest absolute Gasteiger partial charge is 0.493 e. The van der Waals surface area contributed by atoms with Crippen molar-refractivity contribution >= 4 is 0 Å². The molecule has 0 radical (unpaired) electrons. The van der Waals surface area contributed by atoms with Crippen LogP contribution >= 0.6 is 0 Å². The Morgan fingerprint density at radius 2 is 1.64 bits per heavy atom. The van der Waals surface area contributed by atoms with Gasteiger partial charge in [-0.1, -0.05) is 35.4 Å². The first-order valence-electron chi connectivity index (χ1n) is 9.93. The van der Waals surface area contributed by atoms with E-state index >= 15 is 0 Å². The zero-order valence-corrected chi connectivity index (χ0v) is 18.3. The monoisotopic (exact) mass is 387 g/mol. The van der Waals surface area contributed by atoms with Gasteiger partial charge in [0.1, 0.15) is 6.61 Å². The van der Waals surface area contributed by atoms with E-state index in [-0.39, 0.29) is 0 Å². The fourth-order valence-corrected chi connectivity index (χ4v) is 2.51. The third-order valence-electron chi connectivity index (χ3n) is 4.16. The molecule has 0 spiro atoms. The zero-order valence-electron chi connectivity index (χ0n) is 18.3. The van der Waals surface area contributed by atoms with E-state index < -0.39 is 0 Å². The van der Waals surface area contributed by atoms with Crippen LogP contribution in [0.5, 0.6) is 11.5 Å². The Bertz CT molecular complexity index is 621. The molecule has 0 aliphatic rings. The van der Waals surface area contributed by atoms with Gasteiger partial charge in [-0.15, -0.1) is 6.58 Å². The van der Waals surface area contributed by atoms with Crippen molar-refractivity contribution in [3.05, 3.63) is 59.7 Å². The van der Waals surface area contributed by atoms with Crippen LogP contribution in [0.4, 0.5) is 0 Å². The molecule has 0 fully saturated rings. The van der Waals surface area contributed by atoms with Crippen molar-refractivity contribution in [3.8, 4) is 11.5 Å². The van der Waals surface area contributed by atoms with Crippen molar-refractivity contribution in [1.29, 1.82) is 0 Å². The van der Waals surface area contributed by atoms with Gasteiger partial charge in [-0.2, -0.15) is 0 Å². The van der Waals surface area contributed by atoms with Gasteiger partial charge in [0.15, 0.2) is 11.5 Å². The molecule has 0 N–H and O–H groups in total. The molecule has 0 heterocycles. The molecule has 4 heteroatoms. The van der Waals surface area contributed by atoms with Crippen LogP contribution in [-0.2, 0) is 11.2 Å². The summed E-state index contributed by atoms with van der Waals surface area (Å²) in [6.07, 6.45) is 7.20. The van der Waals surface area contributed by atoms with Crippen molar-refractivity contribution in [3.63, 3.8) is 0 Å². The average Bonchev–Trinajstić information content (AvgIpc) is 2.66. The lowest BCUT2D eigenvalue weighted by atomic mass is 10.1. The summed E-state index contributed by atoms with van der Waals surface area (Å²) < 4.78 is 17.0. The fourth-order valence-electron chi connectivity index (χ4n) is 2.51. The molecule has 0 saturated heterocycles. The summed E-state index contributed by atoms with van der Waals surface area (Å²) in [4.78, 5) is 2.38. The Hall–Kier alpha value is -2.04. The van der Waals surface area contributed by atoms with E-state index in [0.717, 1.165) is 43.1 Å². The third kappa shape index (κ3) is 10.3. The quantitative estimate of drug-likeness (QED) is 0.330. The highest BCUT2D eigenvalue weighted by molar-refractivity contribution is 5.43. The van der Waals surface area contributed by atoms with Crippen LogP contribution in [0.3, 0.4) is 0 Å². The first-order valence-corrected chi connectivity index (χ1v) is 9.93. The number of nitrogens with zero attached hydrogens (tertiary/aromatic N) is 1. The molecule has 1 rings (SSSR count). The minimum absolute atomic E-state index is 0.499. The molecule has 0 atom stereocenters. The Kier molecular flexibility index (Phi) is 12.0. The number of allylic oxidation sites excluding steroid dienone is 3. The highest BCUT2D eigenvalue weighted by atomic mass is 16.5. The second kappa shape index (κ2) is 14.0. The lowest BCUT2D eigenvalue weighted by Gasteiger charge is -2.19. The van der Waals surface area contributed by atoms with Crippen molar-refractivity contribution in [2.24, 2.45) is 0 Å². The third-order valence-corrected chi connectivity index (χ3v) is 4.16. The molecule has 156 valence electrons. The van der Waals surface area contributed by atoms with E-state index in [2.05, 4.69) is 51.3 Å². The van der Waals surface area contributed by atoms with Crippen LogP contribution in [0.15, 0.2) is 54.2 Å². The second-order valence-corrected chi connectivity index (χ2v) is 7.26. The second-order valence-electron chi connectivity index (χ2n) is 7.26. The summed E-state index contributed by atoms with van der Waals surface area (Å²) in [5, 5.41) is 0. The summed E-state index contributed by atoms with van der Waals surface area (Å²) in [6, 6.07) is 5.96. The minimum atomic E-state index is 0.499. The Balaban J connectivity index is 2.37. The first kappa shape index (κ1) is 24.0. The lowest BCUT2D eigenvalue weighted by Crippen LogP contribution is -2.29. The fraction of sp³-hybridized carbons (Fsp3) is 0.500. The normalized spacial score (nSPS) is 10.5. The summed E-state index contributed by atoms with van der Waals surface area (Å²) in [7, 11) is 1.66. The molecule has 0 aliphatic heterocycles. The highest BCUT2D eigenvalue weighted by Crippen LogP contribution is 2.28. The molecule has 0 aliphatic carbocycles. The molecule has 0 amide bonds. The molecule has 4 nitrogen and oxygen atoms in total. The van der Waals surface area contributed by atoms with Crippen molar-refractivity contribution in [1.82, 2.24) is 4.90 Å². The van der Waals surface area contributed by atoms with Crippen LogP contribution in [-0.4, -0.2) is 51.5 Å². The number of hydrogen-bond acceptors (Lipinski definition) is 4. The van der Waals surface area contributed by atoms with Crippen LogP contribution in [0, 0.1) is 0 Å². The van der Waals surface area contributed by atoms with Crippen LogP contribution in [0.2, 0.25) is 0 Å². The van der Waals surface area contributed by atoms with Gasteiger partial charge in [0.25, 0.3) is 0 Å². The van der Waals surface area contributed by atoms with Crippen LogP contribution < -0.4 is 9.47 Å². The molecule has 0 aromatic heterocycles. The SMILES string of the molecule is C=CCc1ccc(OCCOCCN(CC=C(C)C)CC=C(C)C)c(OC)c1. The standard InChI is InChI=1S/C24H37NO3/c1-7-8-22-9-10-23(24(19-22)26-6)28-18-17-27-16-15-25(13-11-20(2)3)14-12-21(4)5/h7,9-12,19H,1,8,13-18H2,2-6H3. The average molecular weight is 388 g/mol. The number of methoxy groups -OCH3 is 1. The van der Waals surface area contributed by atoms with Gasteiger partial charge in [-0.05, 0) is 51.8 Å². The summed E-state index contributed by atoms with van der Waals surface area (Å²) in [5.41, 5.74) is 3.83. The zero-order chi connectivity index (χ0) is 20.8. The lowest BCUT2D eigenvalue weighted by molar-refractivity contribution is 0.0835. The first-order chi connectivity index (χ1) is 13.5. The van der Waals surface area contributed by atoms with Gasteiger partial charge in [-0.3, -0.25) is 4.90 Å². The van der Waals surface area contributed by atoms with E-state index in [9.17, 15) is 0 Å². The van der Waals surface area contributed by atoms with Crippen LogP contribution in [0.1, 0.15) is 33.3 Å². The van der Waals surface area contributed by atoms with E-state index in [1.54, 1.807) is 7.11 Å². The van der Waals surface area contributed by atoms with Gasteiger partial charge in [-0.25, -0.2) is 0 Å². The van der Waals surface area contributed by atoms with E-state index in [0.29, 0.717) is 19.8 Å². The smallest absolute Gasteiger partial charge is 0.161 e. The van der Waals surface area contributed by atoms with Gasteiger partial charge in [0.2, 0.25) is 0 Å². The maximum atomic E-state index is 5.82. The Labute approximate surface area is 171 Å². The van der Waals surface area contributed by atoms with Crippen molar-refractivity contribution in [2.75, 3.05) is 46.6 Å². The van der Waals surface area contributed by atoms with Gasteiger partial charge in [0.05, 0.1) is 20.3 Å². The predicted octanol–water partition coefficient (Wildman–Crippen LogP) is 5.05. The molecule has 0 unspecified atom stereocenters. The number of ether oxygens (including phenoxy) is 3. The number of benzene rings is 1. The Morgan fingerprint density at radius 3 is 2.21 bits per heavy atom. The van der Waals surface area contributed by atoms with Crippen molar-refractivity contribution in [2.45, 2.75) is 34.1 Å². The summed E-state index contributed by atoms with van der Waals surface area (Å²) in [6.45, 7) is 16.8. The molecule has 0 bridgehead atoms. The van der Waals surface area contributed by atoms with Crippen LogP contribution in [0.25, 0.3) is 0 Å². The number of hydrogen-bond donors (Lipinski definition) is 0. The maximum absolute atomic E-state index is 5.82. The van der Waals surface area contributed by atoms with Crippen molar-refractivity contribution < 1.29 is 14.2 Å². The van der Waals surface area contributed by atoms with Gasteiger partial charge in [0, 0.05) is 19.6 Å². The summed E-state index contributed by atoms with van der Waals surface area (Å²) >= 11 is 0. The predicted molar refractivity (Wildman–Crippen MR) is 119 cm³/mol. The Morgan fingerprint density at radius 1 is 0.964 bits per heavy atom. The molecule has 1 aromatic carbocycles. The van der Waals surface area contributed by atoms with E-state index in [1.165, 1.54) is 11.1 Å². The molecular formula is C24H37NO3.